The molecule has 36 heavy (non-hydrogen) atoms. The Morgan fingerprint density at radius 2 is 1.50 bits per heavy atom. The average Bonchev–Trinajstić information content (AvgIpc) is 3.53. The zero-order chi connectivity index (χ0) is 25.7. The molecule has 6 nitrogen and oxygen atoms in total. The van der Waals surface area contributed by atoms with Crippen LogP contribution in [0.25, 0.3) is 0 Å². The van der Waals surface area contributed by atoms with E-state index in [9.17, 15) is 19.2 Å². The van der Waals surface area contributed by atoms with Crippen molar-refractivity contribution in [2.24, 2.45) is 23.7 Å². The van der Waals surface area contributed by atoms with Crippen LogP contribution in [0.1, 0.15) is 46.4 Å². The average molecular weight is 568 g/mol. The van der Waals surface area contributed by atoms with Gasteiger partial charge in [-0.2, -0.15) is 5.01 Å². The summed E-state index contributed by atoms with van der Waals surface area (Å²) >= 11 is 24.5. The van der Waals surface area contributed by atoms with Crippen molar-refractivity contribution in [2.45, 2.75) is 31.7 Å². The second kappa shape index (κ2) is 9.97. The van der Waals surface area contributed by atoms with Gasteiger partial charge in [0.15, 0.2) is 5.78 Å². The molecule has 0 unspecified atom stereocenters. The maximum atomic E-state index is 14.0. The molecule has 3 amide bonds. The fraction of sp³-hybridized carbons (Fsp3) is 0.385. The van der Waals surface area contributed by atoms with Crippen LogP contribution in [0.2, 0.25) is 15.1 Å². The van der Waals surface area contributed by atoms with Gasteiger partial charge in [0.25, 0.3) is 17.7 Å². The Kier molecular flexibility index (Phi) is 7.07. The third-order valence-corrected chi connectivity index (χ3v) is 8.62. The minimum absolute atomic E-state index is 0.0104. The monoisotopic (exact) mass is 566 g/mol. The summed E-state index contributed by atoms with van der Waals surface area (Å²) in [6, 6.07) is 9.27. The van der Waals surface area contributed by atoms with Crippen LogP contribution in [0.4, 0.5) is 0 Å². The van der Waals surface area contributed by atoms with Crippen LogP contribution >= 0.6 is 46.4 Å². The van der Waals surface area contributed by atoms with Crippen LogP contribution in [0.3, 0.4) is 0 Å². The predicted molar refractivity (Wildman–Crippen MR) is 137 cm³/mol. The molecule has 188 valence electrons. The van der Waals surface area contributed by atoms with Crippen LogP contribution in [0.5, 0.6) is 0 Å². The van der Waals surface area contributed by atoms with E-state index in [0.29, 0.717) is 10.0 Å². The van der Waals surface area contributed by atoms with E-state index in [1.807, 2.05) is 0 Å². The highest BCUT2D eigenvalue weighted by Gasteiger charge is 2.63. The molecule has 2 saturated carbocycles. The number of rotatable bonds is 7. The van der Waals surface area contributed by atoms with Gasteiger partial charge in [-0.1, -0.05) is 34.8 Å². The van der Waals surface area contributed by atoms with E-state index in [1.165, 1.54) is 30.3 Å². The number of hydrazine groups is 1. The largest absolute Gasteiger partial charge is 0.292 e. The number of ketones is 1. The van der Waals surface area contributed by atoms with Crippen LogP contribution < -0.4 is 0 Å². The molecule has 5 atom stereocenters. The molecule has 0 N–H and O–H groups in total. The lowest BCUT2D eigenvalue weighted by atomic mass is 9.81. The zero-order valence-corrected chi connectivity index (χ0v) is 22.0. The predicted octanol–water partition coefficient (Wildman–Crippen LogP) is 5.92. The molecule has 2 bridgehead atoms. The number of hydrogen-bond acceptors (Lipinski definition) is 4. The highest BCUT2D eigenvalue weighted by atomic mass is 35.5. The lowest BCUT2D eigenvalue weighted by Crippen LogP contribution is -2.58. The highest BCUT2D eigenvalue weighted by Crippen LogP contribution is 2.56. The quantitative estimate of drug-likeness (QED) is 0.236. The van der Waals surface area contributed by atoms with Gasteiger partial charge in [-0.25, -0.2) is 5.01 Å². The molecule has 0 radical (unpaired) electrons. The number of benzene rings is 2. The Morgan fingerprint density at radius 3 is 2.06 bits per heavy atom. The molecule has 2 aromatic carbocycles. The van der Waals surface area contributed by atoms with Crippen LogP contribution in [0.15, 0.2) is 42.5 Å². The molecule has 0 spiro atoms. The molecular formula is C26H22Cl4N2O4. The van der Waals surface area contributed by atoms with Gasteiger partial charge < -0.3 is 0 Å². The summed E-state index contributed by atoms with van der Waals surface area (Å²) in [7, 11) is 0. The maximum absolute atomic E-state index is 14.0. The Bertz CT molecular complexity index is 1220. The Hall–Kier alpha value is -2.12. The standard InChI is InChI=1S/C26H22Cl4N2O4/c27-10-9-20(23(33)13-3-5-16(28)6-4-13)31(24(34)18-8-7-17(29)12-19(18)30)32-25(35)21-14-1-2-15(11-14)22(21)26(32)36/h3-8,12,14-15,20-22H,1-2,9-11H2/t14-,15-,20-,21-,22+/m0/s1. The molecule has 10 heteroatoms. The number of imide groups is 1. The van der Waals surface area contributed by atoms with E-state index < -0.39 is 41.4 Å². The number of hydrogen-bond donors (Lipinski definition) is 0. The molecule has 2 aliphatic carbocycles. The molecule has 1 heterocycles. The van der Waals surface area contributed by atoms with Crippen LogP contribution in [-0.2, 0) is 9.59 Å². The summed E-state index contributed by atoms with van der Waals surface area (Å²) in [6.07, 6.45) is 2.61. The molecule has 1 aliphatic heterocycles. The number of carbonyl (C=O) groups is 4. The van der Waals surface area contributed by atoms with Crippen molar-refractivity contribution in [3.63, 3.8) is 0 Å². The van der Waals surface area contributed by atoms with Gasteiger partial charge in [-0.3, -0.25) is 19.2 Å². The maximum Gasteiger partial charge on any atom is 0.275 e. The number of halogens is 4. The zero-order valence-electron chi connectivity index (χ0n) is 19.0. The number of Topliss-reactive ketones (excluding diaryl/α,β-unsaturated/α-hetero) is 1. The molecule has 3 aliphatic rings. The SMILES string of the molecule is O=C(c1ccc(Cl)cc1)[C@H](CCCl)N(C(=O)c1ccc(Cl)cc1Cl)N1C(=O)[C@@H]2[C@H]3CC[C@@H](C3)[C@@H]2C1=O. The van der Waals surface area contributed by atoms with Crippen molar-refractivity contribution >= 4 is 69.9 Å². The summed E-state index contributed by atoms with van der Waals surface area (Å²) in [5, 5.41) is 2.68. The first-order chi connectivity index (χ1) is 17.2. The Balaban J connectivity index is 1.61. The van der Waals surface area contributed by atoms with Crippen molar-refractivity contribution in [3.8, 4) is 0 Å². The molecule has 3 fully saturated rings. The van der Waals surface area contributed by atoms with Crippen molar-refractivity contribution in [2.75, 3.05) is 5.88 Å². The van der Waals surface area contributed by atoms with Gasteiger partial charge in [-0.15, -0.1) is 11.6 Å². The third-order valence-electron chi connectivity index (χ3n) is 7.60. The fourth-order valence-electron chi connectivity index (χ4n) is 6.04. The molecule has 0 aromatic heterocycles. The van der Waals surface area contributed by atoms with E-state index in [-0.39, 0.29) is 40.3 Å². The fourth-order valence-corrected chi connectivity index (χ4v) is 6.86. The van der Waals surface area contributed by atoms with E-state index in [1.54, 1.807) is 12.1 Å². The Labute approximate surface area is 228 Å². The van der Waals surface area contributed by atoms with Crippen molar-refractivity contribution in [1.82, 2.24) is 10.0 Å². The lowest BCUT2D eigenvalue weighted by Gasteiger charge is -2.37. The topological polar surface area (TPSA) is 74.8 Å². The van der Waals surface area contributed by atoms with Crippen molar-refractivity contribution in [1.29, 1.82) is 0 Å². The summed E-state index contributed by atoms with van der Waals surface area (Å²) in [5.41, 5.74) is 0.291. The minimum Gasteiger partial charge on any atom is -0.292 e. The van der Waals surface area contributed by atoms with E-state index in [2.05, 4.69) is 0 Å². The molecular weight excluding hydrogens is 546 g/mol. The summed E-state index contributed by atoms with van der Waals surface area (Å²) < 4.78 is 0. The lowest BCUT2D eigenvalue weighted by molar-refractivity contribution is -0.157. The van der Waals surface area contributed by atoms with Crippen LogP contribution in [-0.4, -0.2) is 45.4 Å². The first kappa shape index (κ1) is 25.5. The number of amides is 3. The molecule has 5 rings (SSSR count). The van der Waals surface area contributed by atoms with Crippen molar-refractivity contribution < 1.29 is 19.2 Å². The summed E-state index contributed by atoms with van der Waals surface area (Å²) in [4.78, 5) is 55.1. The first-order valence-corrected chi connectivity index (χ1v) is 13.4. The van der Waals surface area contributed by atoms with Gasteiger partial charge in [0.05, 0.1) is 22.4 Å². The number of fused-ring (bicyclic) bond motifs is 5. The first-order valence-electron chi connectivity index (χ1n) is 11.7. The third kappa shape index (κ3) is 4.22. The molecule has 1 saturated heterocycles. The summed E-state index contributed by atoms with van der Waals surface area (Å²) in [6.45, 7) is 0. The smallest absolute Gasteiger partial charge is 0.275 e. The minimum atomic E-state index is -1.22. The second-order valence-electron chi connectivity index (χ2n) is 9.51. The van der Waals surface area contributed by atoms with Gasteiger partial charge in [0.1, 0.15) is 6.04 Å². The van der Waals surface area contributed by atoms with Gasteiger partial charge in [0, 0.05) is 21.5 Å². The number of alkyl halides is 1. The van der Waals surface area contributed by atoms with E-state index >= 15 is 0 Å². The Morgan fingerprint density at radius 1 is 0.917 bits per heavy atom. The summed E-state index contributed by atoms with van der Waals surface area (Å²) in [5.74, 6) is -2.83. The second-order valence-corrected chi connectivity index (χ2v) is 11.2. The highest BCUT2D eigenvalue weighted by molar-refractivity contribution is 6.37. The van der Waals surface area contributed by atoms with E-state index in [0.717, 1.165) is 29.3 Å². The normalized spacial score (nSPS) is 25.3. The van der Waals surface area contributed by atoms with Gasteiger partial charge >= 0.3 is 0 Å². The van der Waals surface area contributed by atoms with Crippen molar-refractivity contribution in [3.05, 3.63) is 68.7 Å². The number of carbonyl (C=O) groups excluding carboxylic acids is 4. The van der Waals surface area contributed by atoms with E-state index in [4.69, 9.17) is 46.4 Å². The van der Waals surface area contributed by atoms with Crippen LogP contribution in [0, 0.1) is 23.7 Å². The van der Waals surface area contributed by atoms with Gasteiger partial charge in [-0.05, 0) is 80.0 Å². The number of nitrogens with zero attached hydrogens (tertiary/aromatic N) is 2. The molecule has 2 aromatic rings. The van der Waals surface area contributed by atoms with Gasteiger partial charge in [0.2, 0.25) is 0 Å².